The second-order valence-corrected chi connectivity index (χ2v) is 8.43. The van der Waals surface area contributed by atoms with Crippen LogP contribution in [0.25, 0.3) is 0 Å². The van der Waals surface area contributed by atoms with E-state index in [1.165, 1.54) is 11.8 Å². The predicted molar refractivity (Wildman–Crippen MR) is 106 cm³/mol. The molecule has 6 heteroatoms. The van der Waals surface area contributed by atoms with Gasteiger partial charge in [0.1, 0.15) is 0 Å². The zero-order valence-corrected chi connectivity index (χ0v) is 15.9. The fraction of sp³-hybridized carbons (Fsp3) is 0.238. The Morgan fingerprint density at radius 2 is 1.67 bits per heavy atom. The summed E-state index contributed by atoms with van der Waals surface area (Å²) < 4.78 is 0. The molecule has 1 amide bonds. The highest BCUT2D eigenvalue weighted by molar-refractivity contribution is 7.99. The van der Waals surface area contributed by atoms with E-state index in [-0.39, 0.29) is 17.7 Å². The number of nitrogens with one attached hydrogen (secondary N) is 1. The first-order valence-electron chi connectivity index (χ1n) is 8.77. The number of fused-ring (bicyclic) bond motifs is 2. The van der Waals surface area contributed by atoms with Crippen molar-refractivity contribution >= 4 is 40.9 Å². The number of carboxylic acid groups (broad SMARTS) is 1. The Morgan fingerprint density at radius 1 is 1.00 bits per heavy atom. The van der Waals surface area contributed by atoms with Crippen molar-refractivity contribution in [3.8, 4) is 0 Å². The number of halogens is 1. The Kier molecular flexibility index (Phi) is 4.98. The van der Waals surface area contributed by atoms with Crippen LogP contribution >= 0.6 is 23.4 Å². The van der Waals surface area contributed by atoms with Crippen LogP contribution in [-0.2, 0) is 9.59 Å². The van der Waals surface area contributed by atoms with Crippen molar-refractivity contribution in [3.05, 3.63) is 65.7 Å². The second-order valence-electron chi connectivity index (χ2n) is 6.88. The SMILES string of the molecule is O=C(O)[C@H]1[C@H](C(=O)Nc2ccccc2Sc2ccc(Cl)cc2)[C@H]2C=C[C@H]1C2. The van der Waals surface area contributed by atoms with E-state index in [9.17, 15) is 14.7 Å². The van der Waals surface area contributed by atoms with Gasteiger partial charge >= 0.3 is 5.97 Å². The molecule has 2 bridgehead atoms. The third-order valence-electron chi connectivity index (χ3n) is 5.23. The van der Waals surface area contributed by atoms with Gasteiger partial charge in [0.15, 0.2) is 0 Å². The van der Waals surface area contributed by atoms with Crippen molar-refractivity contribution in [2.45, 2.75) is 16.2 Å². The maximum absolute atomic E-state index is 12.9. The zero-order valence-electron chi connectivity index (χ0n) is 14.3. The van der Waals surface area contributed by atoms with Gasteiger partial charge in [0.05, 0.1) is 17.5 Å². The summed E-state index contributed by atoms with van der Waals surface area (Å²) in [4.78, 5) is 26.5. The molecule has 0 aliphatic heterocycles. The highest BCUT2D eigenvalue weighted by Gasteiger charge is 2.51. The van der Waals surface area contributed by atoms with E-state index in [4.69, 9.17) is 11.6 Å². The van der Waals surface area contributed by atoms with E-state index in [1.807, 2.05) is 60.7 Å². The van der Waals surface area contributed by atoms with Crippen LogP contribution in [0.3, 0.4) is 0 Å². The number of allylic oxidation sites excluding steroid dienone is 2. The van der Waals surface area contributed by atoms with Crippen molar-refractivity contribution in [1.29, 1.82) is 0 Å². The summed E-state index contributed by atoms with van der Waals surface area (Å²) in [6, 6.07) is 15.0. The molecule has 1 fully saturated rings. The lowest BCUT2D eigenvalue weighted by Gasteiger charge is -2.24. The number of aliphatic carboxylic acids is 1. The van der Waals surface area contributed by atoms with Crippen molar-refractivity contribution in [2.75, 3.05) is 5.32 Å². The standard InChI is InChI=1S/C21H18ClNO3S/c22-14-7-9-15(10-8-14)27-17-4-2-1-3-16(17)23-20(24)18-12-5-6-13(11-12)19(18)21(25)26/h1-10,12-13,18-19H,11H2,(H,23,24)(H,25,26)/t12-,13-,18+,19+/m0/s1. The fourth-order valence-electron chi connectivity index (χ4n) is 4.02. The topological polar surface area (TPSA) is 66.4 Å². The number of amides is 1. The summed E-state index contributed by atoms with van der Waals surface area (Å²) in [5.41, 5.74) is 0.693. The highest BCUT2D eigenvalue weighted by Crippen LogP contribution is 2.48. The maximum Gasteiger partial charge on any atom is 0.307 e. The monoisotopic (exact) mass is 399 g/mol. The van der Waals surface area contributed by atoms with Crippen LogP contribution in [0.2, 0.25) is 5.02 Å². The molecule has 2 N–H and O–H groups in total. The molecule has 0 unspecified atom stereocenters. The summed E-state index contributed by atoms with van der Waals surface area (Å²) >= 11 is 7.46. The van der Waals surface area contributed by atoms with Gasteiger partial charge in [-0.05, 0) is 54.7 Å². The summed E-state index contributed by atoms with van der Waals surface area (Å²) in [6.45, 7) is 0. The molecule has 2 aromatic rings. The molecule has 4 rings (SSSR count). The molecule has 0 heterocycles. The molecule has 2 aliphatic carbocycles. The number of carbonyl (C=O) groups excluding carboxylic acids is 1. The van der Waals surface area contributed by atoms with Gasteiger partial charge in [-0.3, -0.25) is 9.59 Å². The van der Waals surface area contributed by atoms with E-state index in [0.29, 0.717) is 10.7 Å². The van der Waals surface area contributed by atoms with Crippen molar-refractivity contribution < 1.29 is 14.7 Å². The molecule has 4 atom stereocenters. The predicted octanol–water partition coefficient (Wildman–Crippen LogP) is 4.95. The van der Waals surface area contributed by atoms with Gasteiger partial charge < -0.3 is 10.4 Å². The third kappa shape index (κ3) is 3.62. The summed E-state index contributed by atoms with van der Waals surface area (Å²) in [6.07, 6.45) is 4.68. The van der Waals surface area contributed by atoms with Crippen LogP contribution in [0.4, 0.5) is 5.69 Å². The molecule has 1 saturated carbocycles. The van der Waals surface area contributed by atoms with Gasteiger partial charge in [-0.25, -0.2) is 0 Å². The Bertz CT molecular complexity index is 912. The zero-order chi connectivity index (χ0) is 19.0. The van der Waals surface area contributed by atoms with Crippen LogP contribution in [0, 0.1) is 23.7 Å². The smallest absolute Gasteiger partial charge is 0.307 e. The van der Waals surface area contributed by atoms with Crippen molar-refractivity contribution in [3.63, 3.8) is 0 Å². The number of anilines is 1. The summed E-state index contributed by atoms with van der Waals surface area (Å²) in [5.74, 6) is -2.31. The minimum Gasteiger partial charge on any atom is -0.481 e. The Labute approximate surface area is 166 Å². The van der Waals surface area contributed by atoms with Crippen LogP contribution < -0.4 is 5.32 Å². The molecule has 0 radical (unpaired) electrons. The quantitative estimate of drug-likeness (QED) is 0.698. The lowest BCUT2D eigenvalue weighted by atomic mass is 9.82. The highest BCUT2D eigenvalue weighted by atomic mass is 35.5. The lowest BCUT2D eigenvalue weighted by molar-refractivity contribution is -0.146. The van der Waals surface area contributed by atoms with E-state index in [1.54, 1.807) is 0 Å². The van der Waals surface area contributed by atoms with Crippen LogP contribution in [0.1, 0.15) is 6.42 Å². The Hall–Kier alpha value is -2.24. The largest absolute Gasteiger partial charge is 0.481 e. The van der Waals surface area contributed by atoms with Gasteiger partial charge in [0, 0.05) is 14.8 Å². The first-order valence-corrected chi connectivity index (χ1v) is 9.97. The number of benzene rings is 2. The summed E-state index contributed by atoms with van der Waals surface area (Å²) in [5, 5.41) is 13.2. The number of rotatable bonds is 5. The first kappa shape index (κ1) is 18.1. The average Bonchev–Trinajstić information content (AvgIpc) is 3.26. The average molecular weight is 400 g/mol. The molecule has 0 aromatic heterocycles. The fourth-order valence-corrected chi connectivity index (χ4v) is 5.05. The van der Waals surface area contributed by atoms with Gasteiger partial charge in [-0.1, -0.05) is 47.6 Å². The molecule has 0 saturated heterocycles. The summed E-state index contributed by atoms with van der Waals surface area (Å²) in [7, 11) is 0. The molecule has 2 aliphatic rings. The maximum atomic E-state index is 12.9. The van der Waals surface area contributed by atoms with Crippen LogP contribution in [0.5, 0.6) is 0 Å². The van der Waals surface area contributed by atoms with Gasteiger partial charge in [-0.2, -0.15) is 0 Å². The lowest BCUT2D eigenvalue weighted by Crippen LogP contribution is -2.36. The second kappa shape index (κ2) is 7.41. The number of carbonyl (C=O) groups is 2. The molecule has 2 aromatic carbocycles. The molecule has 27 heavy (non-hydrogen) atoms. The number of hydrogen-bond acceptors (Lipinski definition) is 3. The van der Waals surface area contributed by atoms with E-state index in [2.05, 4.69) is 5.32 Å². The molecule has 0 spiro atoms. The molecular formula is C21H18ClNO3S. The number of para-hydroxylation sites is 1. The van der Waals surface area contributed by atoms with E-state index < -0.39 is 17.8 Å². The normalized spacial score (nSPS) is 25.5. The minimum absolute atomic E-state index is 0.00665. The van der Waals surface area contributed by atoms with Crippen LogP contribution in [-0.4, -0.2) is 17.0 Å². The van der Waals surface area contributed by atoms with E-state index >= 15 is 0 Å². The minimum atomic E-state index is -0.893. The number of carboxylic acids is 1. The van der Waals surface area contributed by atoms with Gasteiger partial charge in [0.25, 0.3) is 0 Å². The molecule has 4 nitrogen and oxygen atoms in total. The third-order valence-corrected chi connectivity index (χ3v) is 6.57. The van der Waals surface area contributed by atoms with Crippen LogP contribution in [0.15, 0.2) is 70.5 Å². The Balaban J connectivity index is 1.54. The van der Waals surface area contributed by atoms with Crippen molar-refractivity contribution in [2.24, 2.45) is 23.7 Å². The molecule has 138 valence electrons. The Morgan fingerprint density at radius 3 is 2.37 bits per heavy atom. The first-order chi connectivity index (χ1) is 13.0. The van der Waals surface area contributed by atoms with E-state index in [0.717, 1.165) is 16.2 Å². The number of hydrogen-bond donors (Lipinski definition) is 2. The van der Waals surface area contributed by atoms with Gasteiger partial charge in [0.2, 0.25) is 5.91 Å². The molecular weight excluding hydrogens is 382 g/mol. The van der Waals surface area contributed by atoms with Gasteiger partial charge in [-0.15, -0.1) is 0 Å². The van der Waals surface area contributed by atoms with Crippen molar-refractivity contribution in [1.82, 2.24) is 0 Å².